The van der Waals surface area contributed by atoms with E-state index in [1.807, 2.05) is 0 Å². The van der Waals surface area contributed by atoms with Crippen LogP contribution in [-0.2, 0) is 9.53 Å². The SMILES string of the molecule is CC(=O)N[C@@]12CCOC[C@@H]1CN(C(=O)c1cnn3ccncc13)C2. The van der Waals surface area contributed by atoms with Crippen LogP contribution in [0.5, 0.6) is 0 Å². The van der Waals surface area contributed by atoms with Gasteiger partial charge in [0, 0.05) is 44.9 Å². The molecule has 2 atom stereocenters. The quantitative estimate of drug-likeness (QED) is 0.844. The van der Waals surface area contributed by atoms with Crippen molar-refractivity contribution in [1.29, 1.82) is 0 Å². The molecule has 2 aromatic rings. The van der Waals surface area contributed by atoms with E-state index in [2.05, 4.69) is 15.4 Å². The van der Waals surface area contributed by atoms with Gasteiger partial charge in [0.15, 0.2) is 0 Å². The van der Waals surface area contributed by atoms with E-state index >= 15 is 0 Å². The van der Waals surface area contributed by atoms with Crippen molar-refractivity contribution in [1.82, 2.24) is 24.8 Å². The molecule has 4 rings (SSSR count). The van der Waals surface area contributed by atoms with Gasteiger partial charge in [-0.05, 0) is 6.42 Å². The number of nitrogens with one attached hydrogen (secondary N) is 1. The summed E-state index contributed by atoms with van der Waals surface area (Å²) >= 11 is 0. The second-order valence-electron chi connectivity index (χ2n) is 6.51. The lowest BCUT2D eigenvalue weighted by Crippen LogP contribution is -2.57. The summed E-state index contributed by atoms with van der Waals surface area (Å²) in [6.07, 6.45) is 7.26. The molecule has 2 amide bonds. The van der Waals surface area contributed by atoms with Crippen molar-refractivity contribution >= 4 is 17.3 Å². The van der Waals surface area contributed by atoms with E-state index in [4.69, 9.17) is 4.74 Å². The van der Waals surface area contributed by atoms with Gasteiger partial charge in [0.2, 0.25) is 5.91 Å². The Kier molecular flexibility index (Phi) is 3.49. The molecule has 0 unspecified atom stereocenters. The number of aromatic nitrogens is 3. The van der Waals surface area contributed by atoms with Gasteiger partial charge in [-0.1, -0.05) is 0 Å². The molecule has 2 aromatic heterocycles. The lowest BCUT2D eigenvalue weighted by Gasteiger charge is -2.38. The molecule has 8 nitrogen and oxygen atoms in total. The number of rotatable bonds is 2. The normalized spacial score (nSPS) is 26.4. The lowest BCUT2D eigenvalue weighted by molar-refractivity contribution is -0.122. The van der Waals surface area contributed by atoms with E-state index in [1.165, 1.54) is 6.92 Å². The van der Waals surface area contributed by atoms with Crippen molar-refractivity contribution in [3.63, 3.8) is 0 Å². The highest BCUT2D eigenvalue weighted by atomic mass is 16.5. The Labute approximate surface area is 138 Å². The summed E-state index contributed by atoms with van der Waals surface area (Å²) in [5.74, 6) is -0.0485. The third-order valence-electron chi connectivity index (χ3n) is 4.97. The Hall–Kier alpha value is -2.48. The first-order valence-corrected chi connectivity index (χ1v) is 8.02. The van der Waals surface area contributed by atoms with E-state index in [0.29, 0.717) is 37.4 Å². The molecule has 2 aliphatic rings. The molecule has 2 fully saturated rings. The van der Waals surface area contributed by atoms with Crippen molar-refractivity contribution in [3.05, 3.63) is 30.4 Å². The maximum atomic E-state index is 13.0. The molecule has 0 bridgehead atoms. The summed E-state index contributed by atoms with van der Waals surface area (Å²) in [5, 5.41) is 7.28. The van der Waals surface area contributed by atoms with Crippen LogP contribution >= 0.6 is 0 Å². The van der Waals surface area contributed by atoms with Gasteiger partial charge in [-0.2, -0.15) is 5.10 Å². The minimum atomic E-state index is -0.388. The maximum absolute atomic E-state index is 13.0. The van der Waals surface area contributed by atoms with Crippen molar-refractivity contribution < 1.29 is 14.3 Å². The van der Waals surface area contributed by atoms with E-state index < -0.39 is 0 Å². The second-order valence-corrected chi connectivity index (χ2v) is 6.51. The number of ether oxygens (including phenoxy) is 1. The molecule has 0 radical (unpaired) electrons. The van der Waals surface area contributed by atoms with Gasteiger partial charge in [-0.25, -0.2) is 4.52 Å². The topological polar surface area (TPSA) is 88.8 Å². The Bertz CT molecular complexity index is 804. The van der Waals surface area contributed by atoms with Gasteiger partial charge < -0.3 is 15.0 Å². The first-order chi connectivity index (χ1) is 11.6. The van der Waals surface area contributed by atoms with Crippen LogP contribution in [0.4, 0.5) is 0 Å². The highest BCUT2D eigenvalue weighted by molar-refractivity contribution is 6.00. The number of likely N-dealkylation sites (tertiary alicyclic amines) is 1. The predicted molar refractivity (Wildman–Crippen MR) is 84.4 cm³/mol. The lowest BCUT2D eigenvalue weighted by atomic mass is 9.83. The predicted octanol–water partition coefficient (Wildman–Crippen LogP) is 0.0965. The van der Waals surface area contributed by atoms with Crippen LogP contribution < -0.4 is 5.32 Å². The number of nitrogens with zero attached hydrogens (tertiary/aromatic N) is 4. The smallest absolute Gasteiger partial charge is 0.257 e. The molecule has 4 heterocycles. The van der Waals surface area contributed by atoms with Crippen molar-refractivity contribution in [2.24, 2.45) is 5.92 Å². The molecule has 1 N–H and O–H groups in total. The largest absolute Gasteiger partial charge is 0.381 e. The fourth-order valence-corrected chi connectivity index (χ4v) is 3.83. The van der Waals surface area contributed by atoms with Gasteiger partial charge in [0.25, 0.3) is 5.91 Å². The van der Waals surface area contributed by atoms with Gasteiger partial charge in [-0.15, -0.1) is 0 Å². The van der Waals surface area contributed by atoms with Gasteiger partial charge >= 0.3 is 0 Å². The van der Waals surface area contributed by atoms with Crippen LogP contribution in [0, 0.1) is 5.92 Å². The number of fused-ring (bicyclic) bond motifs is 2. The zero-order valence-electron chi connectivity index (χ0n) is 13.4. The molecule has 2 saturated heterocycles. The summed E-state index contributed by atoms with van der Waals surface area (Å²) in [4.78, 5) is 30.5. The number of hydrogen-bond acceptors (Lipinski definition) is 5. The highest BCUT2D eigenvalue weighted by Gasteiger charge is 2.50. The summed E-state index contributed by atoms with van der Waals surface area (Å²) in [7, 11) is 0. The van der Waals surface area contributed by atoms with Gasteiger partial charge in [-0.3, -0.25) is 14.6 Å². The summed E-state index contributed by atoms with van der Waals surface area (Å²) in [5.41, 5.74) is 0.823. The zero-order valence-corrected chi connectivity index (χ0v) is 13.4. The van der Waals surface area contributed by atoms with Crippen LogP contribution in [-0.4, -0.2) is 63.2 Å². The Morgan fingerprint density at radius 2 is 2.29 bits per heavy atom. The summed E-state index contributed by atoms with van der Waals surface area (Å²) < 4.78 is 7.20. The number of carbonyl (C=O) groups is 2. The van der Waals surface area contributed by atoms with E-state index in [-0.39, 0.29) is 23.3 Å². The van der Waals surface area contributed by atoms with E-state index in [1.54, 1.807) is 34.2 Å². The van der Waals surface area contributed by atoms with Crippen LogP contribution in [0.1, 0.15) is 23.7 Å². The van der Waals surface area contributed by atoms with E-state index in [0.717, 1.165) is 6.42 Å². The van der Waals surface area contributed by atoms with Crippen molar-refractivity contribution in [2.45, 2.75) is 18.9 Å². The average molecular weight is 329 g/mol. The Morgan fingerprint density at radius 1 is 1.42 bits per heavy atom. The zero-order chi connectivity index (χ0) is 16.7. The summed E-state index contributed by atoms with van der Waals surface area (Å²) in [6, 6.07) is 0. The molecular weight excluding hydrogens is 310 g/mol. The van der Waals surface area contributed by atoms with Crippen molar-refractivity contribution in [3.8, 4) is 0 Å². The monoisotopic (exact) mass is 329 g/mol. The minimum Gasteiger partial charge on any atom is -0.381 e. The Morgan fingerprint density at radius 3 is 3.12 bits per heavy atom. The van der Waals surface area contributed by atoms with E-state index in [9.17, 15) is 9.59 Å². The van der Waals surface area contributed by atoms with Crippen molar-refractivity contribution in [2.75, 3.05) is 26.3 Å². The average Bonchev–Trinajstić information content (AvgIpc) is 3.14. The molecule has 0 aromatic carbocycles. The Balaban J connectivity index is 1.63. The maximum Gasteiger partial charge on any atom is 0.257 e. The number of hydrogen-bond donors (Lipinski definition) is 1. The molecular formula is C16H19N5O3. The third kappa shape index (κ3) is 2.34. The van der Waals surface area contributed by atoms with Gasteiger partial charge in [0.05, 0.1) is 35.6 Å². The standard InChI is InChI=1S/C16H19N5O3/c1-11(22)19-16-2-5-24-9-12(16)8-20(10-16)15(23)13-6-18-21-4-3-17-7-14(13)21/h3-4,6-7,12H,2,5,8-10H2,1H3,(H,19,22)/t12-,16+/m0/s1. The molecule has 2 aliphatic heterocycles. The van der Waals surface area contributed by atoms with Crippen LogP contribution in [0.3, 0.4) is 0 Å². The fraction of sp³-hybridized carbons (Fsp3) is 0.500. The summed E-state index contributed by atoms with van der Waals surface area (Å²) in [6.45, 7) is 3.73. The molecule has 0 spiro atoms. The number of carbonyl (C=O) groups excluding carboxylic acids is 2. The van der Waals surface area contributed by atoms with Crippen LogP contribution in [0.2, 0.25) is 0 Å². The minimum absolute atomic E-state index is 0.0728. The third-order valence-corrected chi connectivity index (χ3v) is 4.97. The van der Waals surface area contributed by atoms with Gasteiger partial charge in [0.1, 0.15) is 0 Å². The molecule has 24 heavy (non-hydrogen) atoms. The highest BCUT2D eigenvalue weighted by Crippen LogP contribution is 2.35. The van der Waals surface area contributed by atoms with Crippen LogP contribution in [0.25, 0.3) is 5.52 Å². The molecule has 0 aliphatic carbocycles. The van der Waals surface area contributed by atoms with Crippen LogP contribution in [0.15, 0.2) is 24.8 Å². The molecule has 126 valence electrons. The first-order valence-electron chi connectivity index (χ1n) is 8.02. The number of amides is 2. The molecule has 8 heteroatoms. The molecule has 0 saturated carbocycles. The first kappa shape index (κ1) is 15.1. The second kappa shape index (κ2) is 5.55. The fourth-order valence-electron chi connectivity index (χ4n) is 3.83.